The number of halogens is 1. The van der Waals surface area contributed by atoms with Gasteiger partial charge in [0.15, 0.2) is 23.1 Å². The SMILES string of the molecule is CN1c2nc(Cl)ncc2OC[C@@H]1CC1CC1.COc1cc(N)ccc1-n1cnc(C)c1.COc1cc(Nc2ncc3c(n2)N(C)[C@@H](CC2CC2)CO3)ccc1-n1cnc(C)c1. The van der Waals surface area contributed by atoms with Gasteiger partial charge in [-0.15, -0.1) is 0 Å². The van der Waals surface area contributed by atoms with E-state index in [-0.39, 0.29) is 5.28 Å². The van der Waals surface area contributed by atoms with Gasteiger partial charge in [0.1, 0.15) is 24.7 Å². The maximum Gasteiger partial charge on any atom is 0.229 e. The van der Waals surface area contributed by atoms with Crippen LogP contribution in [0.4, 0.5) is 29.0 Å². The average Bonchev–Trinajstić information content (AvgIpc) is 4.19. The Bertz CT molecular complexity index is 2450. The third kappa shape index (κ3) is 10.0. The minimum absolute atomic E-state index is 0.279. The van der Waals surface area contributed by atoms with Crippen LogP contribution in [0.25, 0.3) is 11.4 Å². The fourth-order valence-electron chi connectivity index (χ4n) is 7.45. The predicted molar refractivity (Wildman–Crippen MR) is 237 cm³/mol. The molecule has 4 aliphatic rings. The van der Waals surface area contributed by atoms with E-state index in [0.29, 0.717) is 30.3 Å². The third-order valence-corrected chi connectivity index (χ3v) is 11.5. The van der Waals surface area contributed by atoms with Gasteiger partial charge in [0.25, 0.3) is 0 Å². The highest BCUT2D eigenvalue weighted by atomic mass is 35.5. The standard InChI is InChI=1S/C22H26N6O2.C11H14ClN3O.C11H13N3O/c1-14-11-28(13-24-14)18-7-6-16(9-19(18)29-3)25-22-23-10-20-21(26-22)27(2)17(12-30-20)8-15-4-5-15;1-15-8(4-7-2-3-7)6-16-9-5-13-11(12)14-10(9)15;1-8-6-14(7-13-8)10-4-3-9(12)5-11(10)15-2/h6-7,9-11,13,15,17H,4-5,8,12H2,1-3H3,(H,23,25,26);5,7-8H,2-4,6H2,1H3;3-7H,12H2,1-2H3/t17-;8-;/m00./s1. The minimum Gasteiger partial charge on any atom is -0.494 e. The number of ether oxygens (including phenoxy) is 4. The van der Waals surface area contributed by atoms with Gasteiger partial charge in [-0.1, -0.05) is 25.7 Å². The predicted octanol–water partition coefficient (Wildman–Crippen LogP) is 7.62. The van der Waals surface area contributed by atoms with Crippen molar-refractivity contribution in [1.82, 2.24) is 39.0 Å². The molecule has 6 aromatic rings. The van der Waals surface area contributed by atoms with Gasteiger partial charge in [-0.3, -0.25) is 0 Å². The molecule has 320 valence electrons. The second-order valence-electron chi connectivity index (χ2n) is 16.0. The van der Waals surface area contributed by atoms with Gasteiger partial charge in [0.2, 0.25) is 11.2 Å². The Morgan fingerprint density at radius 3 is 1.77 bits per heavy atom. The molecule has 17 heteroatoms. The van der Waals surface area contributed by atoms with Gasteiger partial charge in [0.05, 0.1) is 74.1 Å². The lowest BCUT2D eigenvalue weighted by Gasteiger charge is -2.34. The molecule has 2 aromatic carbocycles. The van der Waals surface area contributed by atoms with Gasteiger partial charge in [0, 0.05) is 50.0 Å². The summed E-state index contributed by atoms with van der Waals surface area (Å²) in [6.45, 7) is 5.33. The van der Waals surface area contributed by atoms with Crippen molar-refractivity contribution in [2.75, 3.05) is 62.4 Å². The number of benzene rings is 2. The molecular formula is C44H53ClN12O4. The van der Waals surface area contributed by atoms with Crippen molar-refractivity contribution in [2.45, 2.75) is 64.5 Å². The van der Waals surface area contributed by atoms with Crippen LogP contribution in [-0.2, 0) is 0 Å². The summed E-state index contributed by atoms with van der Waals surface area (Å²) in [6, 6.07) is 12.2. The molecular weight excluding hydrogens is 796 g/mol. The Hall–Kier alpha value is -6.29. The van der Waals surface area contributed by atoms with E-state index in [2.05, 4.69) is 54.1 Å². The number of imidazole rings is 2. The Morgan fingerprint density at radius 2 is 1.25 bits per heavy atom. The molecule has 0 spiro atoms. The number of methoxy groups -OCH3 is 2. The van der Waals surface area contributed by atoms with Crippen molar-refractivity contribution in [3.63, 3.8) is 0 Å². The van der Waals surface area contributed by atoms with Crippen LogP contribution < -0.4 is 39.8 Å². The van der Waals surface area contributed by atoms with Crippen LogP contribution in [-0.4, -0.2) is 92.7 Å². The molecule has 0 saturated heterocycles. The van der Waals surface area contributed by atoms with E-state index in [1.807, 2.05) is 65.7 Å². The second kappa shape index (κ2) is 18.1. The van der Waals surface area contributed by atoms with E-state index in [9.17, 15) is 0 Å². The van der Waals surface area contributed by atoms with E-state index in [4.69, 9.17) is 41.3 Å². The Morgan fingerprint density at radius 1 is 0.721 bits per heavy atom. The first-order chi connectivity index (χ1) is 29.5. The lowest BCUT2D eigenvalue weighted by molar-refractivity contribution is 0.252. The first-order valence-electron chi connectivity index (χ1n) is 20.6. The summed E-state index contributed by atoms with van der Waals surface area (Å²) in [4.78, 5) is 30.2. The summed E-state index contributed by atoms with van der Waals surface area (Å²) in [5.41, 5.74) is 11.0. The lowest BCUT2D eigenvalue weighted by atomic mass is 10.1. The zero-order valence-electron chi connectivity index (χ0n) is 35.5. The number of nitrogens with one attached hydrogen (secondary N) is 1. The molecule has 0 amide bonds. The lowest BCUT2D eigenvalue weighted by Crippen LogP contribution is -2.41. The van der Waals surface area contributed by atoms with E-state index in [1.54, 1.807) is 45.3 Å². The van der Waals surface area contributed by atoms with Crippen LogP contribution in [0.3, 0.4) is 0 Å². The van der Waals surface area contributed by atoms with Gasteiger partial charge < -0.3 is 48.9 Å². The molecule has 0 radical (unpaired) electrons. The summed E-state index contributed by atoms with van der Waals surface area (Å²) in [5, 5.41) is 3.57. The number of nitrogens with zero attached hydrogens (tertiary/aromatic N) is 10. The Labute approximate surface area is 361 Å². The molecule has 2 aliphatic heterocycles. The first kappa shape index (κ1) is 41.4. The topological polar surface area (TPSA) is 169 Å². The zero-order valence-corrected chi connectivity index (χ0v) is 36.2. The molecule has 2 aliphatic carbocycles. The first-order valence-corrected chi connectivity index (χ1v) is 20.9. The molecule has 3 N–H and O–H groups in total. The van der Waals surface area contributed by atoms with Gasteiger partial charge in [-0.05, 0) is 74.4 Å². The largest absolute Gasteiger partial charge is 0.494 e. The monoisotopic (exact) mass is 848 g/mol. The number of likely N-dealkylation sites (N-methyl/N-ethyl adjacent to an activating group) is 2. The van der Waals surface area contributed by atoms with Crippen molar-refractivity contribution in [3.8, 4) is 34.4 Å². The Kier molecular flexibility index (Phi) is 12.3. The zero-order chi connectivity index (χ0) is 42.6. The van der Waals surface area contributed by atoms with Crippen LogP contribution in [0.5, 0.6) is 23.0 Å². The van der Waals surface area contributed by atoms with Crippen molar-refractivity contribution in [2.24, 2.45) is 11.8 Å². The quantitative estimate of drug-likeness (QED) is 0.102. The highest BCUT2D eigenvalue weighted by molar-refractivity contribution is 6.28. The summed E-state index contributed by atoms with van der Waals surface area (Å²) >= 11 is 5.80. The number of hydrogen-bond acceptors (Lipinski definition) is 14. The number of fused-ring (bicyclic) bond motifs is 2. The number of anilines is 5. The highest BCUT2D eigenvalue weighted by Gasteiger charge is 2.34. The number of hydrogen-bond donors (Lipinski definition) is 2. The fourth-order valence-corrected chi connectivity index (χ4v) is 7.58. The molecule has 0 bridgehead atoms. The van der Waals surface area contributed by atoms with Crippen molar-refractivity contribution in [1.29, 1.82) is 0 Å². The number of nitrogens with two attached hydrogens (primary N) is 1. The van der Waals surface area contributed by atoms with Crippen LogP contribution in [0.2, 0.25) is 5.28 Å². The highest BCUT2D eigenvalue weighted by Crippen LogP contribution is 2.40. The molecule has 61 heavy (non-hydrogen) atoms. The summed E-state index contributed by atoms with van der Waals surface area (Å²) < 4.78 is 26.3. The third-order valence-electron chi connectivity index (χ3n) is 11.3. The number of nitrogen functional groups attached to an aromatic ring is 1. The van der Waals surface area contributed by atoms with Crippen LogP contribution in [0, 0.1) is 25.7 Å². The van der Waals surface area contributed by atoms with Crippen LogP contribution in [0.1, 0.15) is 49.9 Å². The molecule has 2 fully saturated rings. The molecule has 0 unspecified atom stereocenters. The maximum atomic E-state index is 5.92. The summed E-state index contributed by atoms with van der Waals surface area (Å²) in [5.74, 6) is 6.86. The van der Waals surface area contributed by atoms with Crippen molar-refractivity contribution >= 4 is 40.6 Å². The number of aromatic nitrogens is 8. The molecule has 2 saturated carbocycles. The van der Waals surface area contributed by atoms with Crippen LogP contribution >= 0.6 is 11.6 Å². The van der Waals surface area contributed by atoms with E-state index in [1.165, 1.54) is 32.1 Å². The summed E-state index contributed by atoms with van der Waals surface area (Å²) in [6.07, 6.45) is 18.6. The average molecular weight is 849 g/mol. The molecule has 6 heterocycles. The van der Waals surface area contributed by atoms with E-state index >= 15 is 0 Å². The molecule has 4 aromatic heterocycles. The summed E-state index contributed by atoms with van der Waals surface area (Å²) in [7, 11) is 7.43. The van der Waals surface area contributed by atoms with Gasteiger partial charge in [-0.25, -0.2) is 19.9 Å². The number of aryl methyl sites for hydroxylation is 2. The minimum atomic E-state index is 0.279. The fraction of sp³-hybridized carbons (Fsp3) is 0.409. The normalized spacial score (nSPS) is 17.6. The van der Waals surface area contributed by atoms with Gasteiger partial charge in [-0.2, -0.15) is 9.97 Å². The smallest absolute Gasteiger partial charge is 0.229 e. The van der Waals surface area contributed by atoms with Crippen molar-refractivity contribution in [3.05, 3.63) is 90.5 Å². The van der Waals surface area contributed by atoms with E-state index < -0.39 is 0 Å². The maximum absolute atomic E-state index is 5.92. The van der Waals surface area contributed by atoms with Crippen molar-refractivity contribution < 1.29 is 18.9 Å². The van der Waals surface area contributed by atoms with Crippen LogP contribution in [0.15, 0.2) is 73.8 Å². The van der Waals surface area contributed by atoms with E-state index in [0.717, 1.165) is 87.9 Å². The Balaban J connectivity index is 0.000000139. The molecule has 2 atom stereocenters. The molecule has 16 nitrogen and oxygen atoms in total. The van der Waals surface area contributed by atoms with Gasteiger partial charge >= 0.3 is 0 Å². The molecule has 10 rings (SSSR count). The second-order valence-corrected chi connectivity index (χ2v) is 16.3. The number of rotatable bonds is 10.